The van der Waals surface area contributed by atoms with Gasteiger partial charge in [-0.1, -0.05) is 0 Å². The second kappa shape index (κ2) is 3.80. The third-order valence-electron chi connectivity index (χ3n) is 2.46. The Kier molecular flexibility index (Phi) is 2.50. The molecule has 14 heavy (non-hydrogen) atoms. The van der Waals surface area contributed by atoms with Crippen molar-refractivity contribution in [3.8, 4) is 5.75 Å². The monoisotopic (exact) mass is 191 g/mol. The van der Waals surface area contributed by atoms with Gasteiger partial charge in [-0.05, 0) is 23.8 Å². The van der Waals surface area contributed by atoms with E-state index in [9.17, 15) is 4.79 Å². The van der Waals surface area contributed by atoms with Gasteiger partial charge in [-0.2, -0.15) is 0 Å². The van der Waals surface area contributed by atoms with Crippen molar-refractivity contribution in [3.05, 3.63) is 29.3 Å². The van der Waals surface area contributed by atoms with Crippen LogP contribution in [0.2, 0.25) is 0 Å². The zero-order valence-corrected chi connectivity index (χ0v) is 8.17. The molecular weight excluding hydrogens is 178 g/mol. The maximum Gasteiger partial charge on any atom is 0.164 e. The van der Waals surface area contributed by atoms with Gasteiger partial charge in [0.25, 0.3) is 0 Å². The van der Waals surface area contributed by atoms with Crippen LogP contribution in [0.15, 0.2) is 18.2 Å². The third kappa shape index (κ3) is 1.63. The smallest absolute Gasteiger partial charge is 0.164 e. The Labute approximate surface area is 83.1 Å². The molecule has 1 aromatic carbocycles. The fourth-order valence-corrected chi connectivity index (χ4v) is 1.67. The van der Waals surface area contributed by atoms with Crippen LogP contribution in [0, 0.1) is 0 Å². The van der Waals surface area contributed by atoms with Gasteiger partial charge < -0.3 is 10.1 Å². The van der Waals surface area contributed by atoms with E-state index in [0.717, 1.165) is 30.0 Å². The molecule has 1 heterocycles. The summed E-state index contributed by atoms with van der Waals surface area (Å²) in [5.41, 5.74) is 1.86. The van der Waals surface area contributed by atoms with Gasteiger partial charge in [0.1, 0.15) is 5.75 Å². The van der Waals surface area contributed by atoms with Gasteiger partial charge >= 0.3 is 0 Å². The number of ketones is 1. The maximum absolute atomic E-state index is 11.6. The molecule has 0 saturated carbocycles. The van der Waals surface area contributed by atoms with Crippen molar-refractivity contribution in [1.29, 1.82) is 0 Å². The van der Waals surface area contributed by atoms with Crippen molar-refractivity contribution in [2.24, 2.45) is 0 Å². The van der Waals surface area contributed by atoms with Crippen LogP contribution in [0.25, 0.3) is 0 Å². The van der Waals surface area contributed by atoms with Crippen LogP contribution < -0.4 is 10.1 Å². The van der Waals surface area contributed by atoms with Crippen LogP contribution in [-0.4, -0.2) is 19.4 Å². The molecule has 3 heteroatoms. The van der Waals surface area contributed by atoms with Crippen molar-refractivity contribution in [2.75, 3.05) is 13.7 Å². The first-order valence-electron chi connectivity index (χ1n) is 4.72. The van der Waals surface area contributed by atoms with E-state index in [4.69, 9.17) is 4.74 Å². The average molecular weight is 191 g/mol. The van der Waals surface area contributed by atoms with E-state index in [1.165, 1.54) is 0 Å². The quantitative estimate of drug-likeness (QED) is 0.728. The highest BCUT2D eigenvalue weighted by Crippen LogP contribution is 2.20. The lowest BCUT2D eigenvalue weighted by Gasteiger charge is -2.06. The van der Waals surface area contributed by atoms with E-state index in [2.05, 4.69) is 5.32 Å². The molecule has 3 nitrogen and oxygen atoms in total. The number of carbonyl (C=O) groups is 1. The molecular formula is C11H13NO2. The predicted octanol–water partition coefficient (Wildman–Crippen LogP) is 1.37. The molecule has 74 valence electrons. The highest BCUT2D eigenvalue weighted by molar-refractivity contribution is 5.98. The summed E-state index contributed by atoms with van der Waals surface area (Å²) in [6.45, 7) is 1.51. The van der Waals surface area contributed by atoms with Gasteiger partial charge in [0.05, 0.1) is 7.11 Å². The molecule has 0 amide bonds. The number of fused-ring (bicyclic) bond motifs is 1. The van der Waals surface area contributed by atoms with Crippen LogP contribution in [0.3, 0.4) is 0 Å². The van der Waals surface area contributed by atoms with E-state index >= 15 is 0 Å². The molecule has 1 aromatic rings. The molecule has 0 aliphatic carbocycles. The number of hydrogen-bond donors (Lipinski definition) is 1. The van der Waals surface area contributed by atoms with Gasteiger partial charge in [0.2, 0.25) is 0 Å². The summed E-state index contributed by atoms with van der Waals surface area (Å²) >= 11 is 0. The number of ether oxygens (including phenoxy) is 1. The zero-order chi connectivity index (χ0) is 9.97. The van der Waals surface area contributed by atoms with Crippen molar-refractivity contribution in [1.82, 2.24) is 5.32 Å². The fourth-order valence-electron chi connectivity index (χ4n) is 1.67. The molecule has 1 aliphatic rings. The normalized spacial score (nSPS) is 15.9. The minimum absolute atomic E-state index is 0.215. The Morgan fingerprint density at radius 1 is 1.43 bits per heavy atom. The number of hydrogen-bond acceptors (Lipinski definition) is 3. The summed E-state index contributed by atoms with van der Waals surface area (Å²) < 4.78 is 5.12. The van der Waals surface area contributed by atoms with E-state index in [1.54, 1.807) is 7.11 Å². The summed E-state index contributed by atoms with van der Waals surface area (Å²) in [6, 6.07) is 5.61. The molecule has 0 spiro atoms. The van der Waals surface area contributed by atoms with E-state index in [0.29, 0.717) is 6.42 Å². The first-order valence-corrected chi connectivity index (χ1v) is 4.72. The summed E-state index contributed by atoms with van der Waals surface area (Å²) in [4.78, 5) is 11.6. The van der Waals surface area contributed by atoms with Gasteiger partial charge in [-0.15, -0.1) is 0 Å². The topological polar surface area (TPSA) is 38.3 Å². The molecule has 0 saturated heterocycles. The summed E-state index contributed by atoms with van der Waals surface area (Å²) in [5, 5.41) is 3.21. The Hall–Kier alpha value is -1.35. The van der Waals surface area contributed by atoms with Crippen molar-refractivity contribution in [3.63, 3.8) is 0 Å². The highest BCUT2D eigenvalue weighted by Gasteiger charge is 2.15. The third-order valence-corrected chi connectivity index (χ3v) is 2.46. The second-order valence-electron chi connectivity index (χ2n) is 3.37. The van der Waals surface area contributed by atoms with Crippen LogP contribution in [0.1, 0.15) is 22.3 Å². The SMILES string of the molecule is COc1ccc2c(c1)CNCCC2=O. The van der Waals surface area contributed by atoms with Crippen molar-refractivity contribution in [2.45, 2.75) is 13.0 Å². The lowest BCUT2D eigenvalue weighted by molar-refractivity contribution is 0.0985. The van der Waals surface area contributed by atoms with Gasteiger partial charge in [0.15, 0.2) is 5.78 Å². The van der Waals surface area contributed by atoms with Crippen LogP contribution >= 0.6 is 0 Å². The number of benzene rings is 1. The van der Waals surface area contributed by atoms with E-state index in [1.807, 2.05) is 18.2 Å². The lowest BCUT2D eigenvalue weighted by atomic mass is 10.0. The Balaban J connectivity index is 2.43. The van der Waals surface area contributed by atoms with Gasteiger partial charge in [0, 0.05) is 25.1 Å². The first-order chi connectivity index (χ1) is 6.81. The minimum atomic E-state index is 0.215. The molecule has 0 unspecified atom stereocenters. The number of rotatable bonds is 1. The van der Waals surface area contributed by atoms with Crippen LogP contribution in [0.4, 0.5) is 0 Å². The van der Waals surface area contributed by atoms with E-state index < -0.39 is 0 Å². The average Bonchev–Trinajstić information content (AvgIpc) is 2.40. The number of methoxy groups -OCH3 is 1. The van der Waals surface area contributed by atoms with Crippen LogP contribution in [0.5, 0.6) is 5.75 Å². The number of nitrogens with one attached hydrogen (secondary N) is 1. The van der Waals surface area contributed by atoms with Crippen molar-refractivity contribution >= 4 is 5.78 Å². The fraction of sp³-hybridized carbons (Fsp3) is 0.364. The lowest BCUT2D eigenvalue weighted by Crippen LogP contribution is -2.12. The molecule has 1 aliphatic heterocycles. The predicted molar refractivity (Wildman–Crippen MR) is 53.6 cm³/mol. The molecule has 0 bridgehead atoms. The molecule has 0 aromatic heterocycles. The number of carbonyl (C=O) groups excluding carboxylic acids is 1. The molecule has 1 N–H and O–H groups in total. The van der Waals surface area contributed by atoms with Gasteiger partial charge in [-0.25, -0.2) is 0 Å². The Morgan fingerprint density at radius 3 is 3.07 bits per heavy atom. The summed E-state index contributed by atoms with van der Waals surface area (Å²) in [5.74, 6) is 1.02. The second-order valence-corrected chi connectivity index (χ2v) is 3.37. The molecule has 2 rings (SSSR count). The van der Waals surface area contributed by atoms with E-state index in [-0.39, 0.29) is 5.78 Å². The number of Topliss-reactive ketones (excluding diaryl/α,β-unsaturated/α-hetero) is 1. The van der Waals surface area contributed by atoms with Crippen LogP contribution in [-0.2, 0) is 6.54 Å². The standard InChI is InChI=1S/C11H13NO2/c1-14-9-2-3-10-8(6-9)7-12-5-4-11(10)13/h2-3,6,12H,4-5,7H2,1H3. The molecule has 0 radical (unpaired) electrons. The highest BCUT2D eigenvalue weighted by atomic mass is 16.5. The summed E-state index contributed by atoms with van der Waals surface area (Å²) in [7, 11) is 1.63. The maximum atomic E-state index is 11.6. The Morgan fingerprint density at radius 2 is 2.29 bits per heavy atom. The largest absolute Gasteiger partial charge is 0.497 e. The zero-order valence-electron chi connectivity index (χ0n) is 8.17. The first kappa shape index (κ1) is 9.21. The van der Waals surface area contributed by atoms with Gasteiger partial charge in [-0.3, -0.25) is 4.79 Å². The Bertz CT molecular complexity index is 360. The van der Waals surface area contributed by atoms with Crippen molar-refractivity contribution < 1.29 is 9.53 Å². The molecule has 0 fully saturated rings. The minimum Gasteiger partial charge on any atom is -0.497 e. The summed E-state index contributed by atoms with van der Waals surface area (Å²) in [6.07, 6.45) is 0.583. The molecule has 0 atom stereocenters.